The molecule has 1 aromatic carbocycles. The van der Waals surface area contributed by atoms with Gasteiger partial charge in [-0.2, -0.15) is 0 Å². The number of nitrogens with zero attached hydrogens (tertiary/aromatic N) is 1. The van der Waals surface area contributed by atoms with Crippen molar-refractivity contribution in [3.63, 3.8) is 0 Å². The molecule has 1 aromatic heterocycles. The molecule has 1 fully saturated rings. The number of benzene rings is 1. The summed E-state index contributed by atoms with van der Waals surface area (Å²) in [5.41, 5.74) is 0.784. The SMILES string of the molecule is Cl.O=C(NCCCN1CCNCC1)c1ccccc1SCc1cccs1. The zero-order chi connectivity index (χ0) is 17.3. The molecule has 2 heterocycles. The third-order valence-electron chi connectivity index (χ3n) is 4.23. The fourth-order valence-electron chi connectivity index (χ4n) is 2.86. The molecule has 0 saturated carbocycles. The monoisotopic (exact) mass is 411 g/mol. The summed E-state index contributed by atoms with van der Waals surface area (Å²) in [7, 11) is 0. The molecule has 0 bridgehead atoms. The molecule has 0 atom stereocenters. The van der Waals surface area contributed by atoms with Crippen molar-refractivity contribution in [3.8, 4) is 0 Å². The molecule has 1 saturated heterocycles. The highest BCUT2D eigenvalue weighted by atomic mass is 35.5. The van der Waals surface area contributed by atoms with Gasteiger partial charge in [-0.25, -0.2) is 0 Å². The Morgan fingerprint density at radius 2 is 2.00 bits per heavy atom. The largest absolute Gasteiger partial charge is 0.352 e. The van der Waals surface area contributed by atoms with Crippen LogP contribution in [-0.2, 0) is 5.75 Å². The molecule has 0 aliphatic carbocycles. The summed E-state index contributed by atoms with van der Waals surface area (Å²) in [5.74, 6) is 0.944. The molecular weight excluding hydrogens is 386 g/mol. The van der Waals surface area contributed by atoms with Crippen molar-refractivity contribution in [1.82, 2.24) is 15.5 Å². The van der Waals surface area contributed by atoms with E-state index in [1.807, 2.05) is 24.3 Å². The topological polar surface area (TPSA) is 44.4 Å². The molecule has 26 heavy (non-hydrogen) atoms. The average Bonchev–Trinajstić information content (AvgIpc) is 3.18. The van der Waals surface area contributed by atoms with Crippen LogP contribution < -0.4 is 10.6 Å². The van der Waals surface area contributed by atoms with E-state index in [0.29, 0.717) is 0 Å². The van der Waals surface area contributed by atoms with E-state index in [1.165, 1.54) is 4.88 Å². The van der Waals surface area contributed by atoms with E-state index >= 15 is 0 Å². The van der Waals surface area contributed by atoms with Gasteiger partial charge in [0, 0.05) is 48.2 Å². The average molecular weight is 412 g/mol. The van der Waals surface area contributed by atoms with Gasteiger partial charge in [-0.1, -0.05) is 18.2 Å². The lowest BCUT2D eigenvalue weighted by Gasteiger charge is -2.27. The van der Waals surface area contributed by atoms with E-state index in [4.69, 9.17) is 0 Å². The first-order valence-corrected chi connectivity index (χ1v) is 10.6. The number of carbonyl (C=O) groups is 1. The van der Waals surface area contributed by atoms with Crippen LogP contribution in [0.4, 0.5) is 0 Å². The number of amides is 1. The van der Waals surface area contributed by atoms with Crippen molar-refractivity contribution in [2.24, 2.45) is 0 Å². The van der Waals surface area contributed by atoms with Gasteiger partial charge in [0.15, 0.2) is 0 Å². The predicted octanol–water partition coefficient (Wildman–Crippen LogP) is 3.49. The standard InChI is InChI=1S/C19H25N3OS2.ClH/c23-19(21-8-4-11-22-12-9-20-10-13-22)17-6-1-2-7-18(17)25-15-16-5-3-14-24-16;/h1-3,5-7,14,20H,4,8-13,15H2,(H,21,23);1H. The minimum Gasteiger partial charge on any atom is -0.352 e. The lowest BCUT2D eigenvalue weighted by atomic mass is 10.2. The molecule has 0 spiro atoms. The van der Waals surface area contributed by atoms with E-state index in [9.17, 15) is 4.79 Å². The van der Waals surface area contributed by atoms with Crippen LogP contribution in [0.5, 0.6) is 0 Å². The van der Waals surface area contributed by atoms with Gasteiger partial charge < -0.3 is 15.5 Å². The van der Waals surface area contributed by atoms with Crippen LogP contribution in [0.3, 0.4) is 0 Å². The number of rotatable bonds is 8. The first kappa shape index (κ1) is 21.3. The van der Waals surface area contributed by atoms with Gasteiger partial charge in [0.05, 0.1) is 5.56 Å². The summed E-state index contributed by atoms with van der Waals surface area (Å²) < 4.78 is 0. The van der Waals surface area contributed by atoms with Crippen molar-refractivity contribution >= 4 is 41.4 Å². The summed E-state index contributed by atoms with van der Waals surface area (Å²) in [6.45, 7) is 6.14. The van der Waals surface area contributed by atoms with Gasteiger partial charge in [-0.05, 0) is 36.5 Å². The fraction of sp³-hybridized carbons (Fsp3) is 0.421. The smallest absolute Gasteiger partial charge is 0.252 e. The maximum absolute atomic E-state index is 12.5. The maximum Gasteiger partial charge on any atom is 0.252 e. The second kappa shape index (κ2) is 11.6. The first-order valence-electron chi connectivity index (χ1n) is 8.78. The molecule has 4 nitrogen and oxygen atoms in total. The number of piperazine rings is 1. The van der Waals surface area contributed by atoms with Gasteiger partial charge in [0.1, 0.15) is 0 Å². The summed E-state index contributed by atoms with van der Waals surface area (Å²) >= 11 is 3.49. The van der Waals surface area contributed by atoms with Gasteiger partial charge in [0.2, 0.25) is 0 Å². The summed E-state index contributed by atoms with van der Waals surface area (Å²) in [6.07, 6.45) is 0.996. The van der Waals surface area contributed by atoms with Gasteiger partial charge in [0.25, 0.3) is 5.91 Å². The van der Waals surface area contributed by atoms with Gasteiger partial charge in [-0.15, -0.1) is 35.5 Å². The number of hydrogen-bond donors (Lipinski definition) is 2. The normalized spacial score (nSPS) is 14.6. The minimum atomic E-state index is 0. The molecule has 1 aliphatic rings. The summed E-state index contributed by atoms with van der Waals surface area (Å²) in [5, 5.41) is 8.53. The molecule has 2 N–H and O–H groups in total. The van der Waals surface area contributed by atoms with Crippen molar-refractivity contribution in [1.29, 1.82) is 0 Å². The zero-order valence-corrected chi connectivity index (χ0v) is 17.2. The fourth-order valence-corrected chi connectivity index (χ4v) is 4.68. The highest BCUT2D eigenvalue weighted by Gasteiger charge is 2.12. The third-order valence-corrected chi connectivity index (χ3v) is 6.41. The van der Waals surface area contributed by atoms with E-state index in [1.54, 1.807) is 23.1 Å². The van der Waals surface area contributed by atoms with Crippen LogP contribution in [0.1, 0.15) is 21.7 Å². The van der Waals surface area contributed by atoms with Crippen LogP contribution in [0, 0.1) is 0 Å². The Kier molecular flexibility index (Phi) is 9.50. The van der Waals surface area contributed by atoms with Crippen molar-refractivity contribution in [3.05, 3.63) is 52.2 Å². The molecule has 3 rings (SSSR count). The predicted molar refractivity (Wildman–Crippen MR) is 114 cm³/mol. The molecule has 2 aromatic rings. The number of halogens is 1. The second-order valence-electron chi connectivity index (χ2n) is 6.07. The summed E-state index contributed by atoms with van der Waals surface area (Å²) in [6, 6.07) is 12.1. The lowest BCUT2D eigenvalue weighted by Crippen LogP contribution is -2.44. The van der Waals surface area contributed by atoms with E-state index in [0.717, 1.165) is 61.9 Å². The lowest BCUT2D eigenvalue weighted by molar-refractivity contribution is 0.0948. The van der Waals surface area contributed by atoms with E-state index in [-0.39, 0.29) is 18.3 Å². The molecule has 1 amide bonds. The van der Waals surface area contributed by atoms with Crippen LogP contribution in [0.15, 0.2) is 46.7 Å². The molecule has 7 heteroatoms. The number of thioether (sulfide) groups is 1. The molecule has 142 valence electrons. The molecule has 1 aliphatic heterocycles. The van der Waals surface area contributed by atoms with Crippen molar-refractivity contribution in [2.45, 2.75) is 17.1 Å². The number of thiophene rings is 1. The molecule has 0 radical (unpaired) electrons. The van der Waals surface area contributed by atoms with Gasteiger partial charge in [-0.3, -0.25) is 4.79 Å². The Morgan fingerprint density at radius 1 is 1.19 bits per heavy atom. The first-order chi connectivity index (χ1) is 12.3. The number of nitrogens with one attached hydrogen (secondary N) is 2. The van der Waals surface area contributed by atoms with Gasteiger partial charge >= 0.3 is 0 Å². The Labute approximate surface area is 170 Å². The van der Waals surface area contributed by atoms with Crippen LogP contribution in [-0.4, -0.2) is 50.1 Å². The van der Waals surface area contributed by atoms with Crippen LogP contribution >= 0.6 is 35.5 Å². The zero-order valence-electron chi connectivity index (χ0n) is 14.8. The van der Waals surface area contributed by atoms with Crippen molar-refractivity contribution in [2.75, 3.05) is 39.3 Å². The third kappa shape index (κ3) is 6.59. The van der Waals surface area contributed by atoms with Crippen LogP contribution in [0.2, 0.25) is 0 Å². The second-order valence-corrected chi connectivity index (χ2v) is 8.11. The highest BCUT2D eigenvalue weighted by Crippen LogP contribution is 2.27. The van der Waals surface area contributed by atoms with Crippen LogP contribution in [0.25, 0.3) is 0 Å². The Balaban J connectivity index is 0.00000243. The Bertz CT molecular complexity index is 661. The molecular formula is C19H26ClN3OS2. The number of hydrogen-bond acceptors (Lipinski definition) is 5. The molecule has 0 unspecified atom stereocenters. The Morgan fingerprint density at radius 3 is 2.77 bits per heavy atom. The quantitative estimate of drug-likeness (QED) is 0.515. The highest BCUT2D eigenvalue weighted by molar-refractivity contribution is 7.98. The maximum atomic E-state index is 12.5. The number of carbonyl (C=O) groups excluding carboxylic acids is 1. The Hall–Kier alpha value is -1.05. The summed E-state index contributed by atoms with van der Waals surface area (Å²) in [4.78, 5) is 17.4. The minimum absolute atomic E-state index is 0. The van der Waals surface area contributed by atoms with Crippen molar-refractivity contribution < 1.29 is 4.79 Å². The van der Waals surface area contributed by atoms with E-state index in [2.05, 4.69) is 33.0 Å². The van der Waals surface area contributed by atoms with E-state index < -0.39 is 0 Å².